The first-order valence-electron chi connectivity index (χ1n) is 7.03. The molecule has 0 aliphatic rings. The molecule has 0 fully saturated rings. The molecule has 23 heavy (non-hydrogen) atoms. The summed E-state index contributed by atoms with van der Waals surface area (Å²) in [5.41, 5.74) is 3.03. The molecule has 120 valence electrons. The highest BCUT2D eigenvalue weighted by Gasteiger charge is 2.15. The number of ether oxygens (including phenoxy) is 1. The van der Waals surface area contributed by atoms with E-state index in [0.29, 0.717) is 17.6 Å². The SMILES string of the molecule is O=C(NC[C@H](OCCO)c1ccsc1)c1ccc2nsnc2c1. The topological polar surface area (TPSA) is 84.3 Å². The predicted octanol–water partition coefficient (Wildman–Crippen LogP) is 2.23. The lowest BCUT2D eigenvalue weighted by Gasteiger charge is -2.17. The lowest BCUT2D eigenvalue weighted by atomic mass is 10.1. The number of carbonyl (C=O) groups excluding carboxylic acids is 1. The average molecular weight is 349 g/mol. The Balaban J connectivity index is 1.65. The highest BCUT2D eigenvalue weighted by Crippen LogP contribution is 2.20. The number of thiophene rings is 1. The van der Waals surface area contributed by atoms with Crippen molar-refractivity contribution in [3.05, 3.63) is 46.2 Å². The van der Waals surface area contributed by atoms with Crippen LogP contribution in [0.3, 0.4) is 0 Å². The van der Waals surface area contributed by atoms with Crippen molar-refractivity contribution >= 4 is 40.0 Å². The van der Waals surface area contributed by atoms with Crippen LogP contribution in [0.15, 0.2) is 35.0 Å². The standard InChI is InChI=1S/C15H15N3O3S2/c19-4-5-21-14(11-3-6-22-9-11)8-16-15(20)10-1-2-12-13(7-10)18-23-17-12/h1-3,6-7,9,14,19H,4-5,8H2,(H,16,20)/t14-/m0/s1. The van der Waals surface area contributed by atoms with E-state index in [2.05, 4.69) is 14.1 Å². The third-order valence-corrected chi connectivity index (χ3v) is 4.55. The normalized spacial score (nSPS) is 12.4. The number of carbonyl (C=O) groups is 1. The maximum Gasteiger partial charge on any atom is 0.251 e. The average Bonchev–Trinajstić information content (AvgIpc) is 3.25. The number of nitrogens with zero attached hydrogens (tertiary/aromatic N) is 2. The number of amides is 1. The molecule has 0 saturated heterocycles. The zero-order chi connectivity index (χ0) is 16.1. The summed E-state index contributed by atoms with van der Waals surface area (Å²) in [5.74, 6) is -0.187. The molecule has 3 aromatic rings. The van der Waals surface area contributed by atoms with Crippen molar-refractivity contribution in [1.82, 2.24) is 14.1 Å². The van der Waals surface area contributed by atoms with Crippen molar-refractivity contribution < 1.29 is 14.6 Å². The Hall–Kier alpha value is -1.87. The van der Waals surface area contributed by atoms with E-state index in [4.69, 9.17) is 9.84 Å². The Kier molecular flexibility index (Phi) is 5.29. The number of hydrogen-bond acceptors (Lipinski definition) is 7. The van der Waals surface area contributed by atoms with Gasteiger partial charge in [0.25, 0.3) is 5.91 Å². The summed E-state index contributed by atoms with van der Waals surface area (Å²) in [6.45, 7) is 0.512. The van der Waals surface area contributed by atoms with Crippen molar-refractivity contribution in [2.24, 2.45) is 0 Å². The largest absolute Gasteiger partial charge is 0.394 e. The van der Waals surface area contributed by atoms with Crippen LogP contribution in [0.1, 0.15) is 22.0 Å². The van der Waals surface area contributed by atoms with E-state index >= 15 is 0 Å². The number of hydrogen-bond donors (Lipinski definition) is 2. The van der Waals surface area contributed by atoms with Crippen LogP contribution in [0.2, 0.25) is 0 Å². The summed E-state index contributed by atoms with van der Waals surface area (Å²) in [4.78, 5) is 12.3. The van der Waals surface area contributed by atoms with Crippen LogP contribution >= 0.6 is 23.1 Å². The van der Waals surface area contributed by atoms with Gasteiger partial charge in [-0.05, 0) is 40.6 Å². The summed E-state index contributed by atoms with van der Waals surface area (Å²) >= 11 is 2.69. The molecular weight excluding hydrogens is 334 g/mol. The highest BCUT2D eigenvalue weighted by atomic mass is 32.1. The Morgan fingerprint density at radius 3 is 2.96 bits per heavy atom. The van der Waals surface area contributed by atoms with Gasteiger partial charge in [-0.2, -0.15) is 20.1 Å². The number of aliphatic hydroxyl groups excluding tert-OH is 1. The van der Waals surface area contributed by atoms with Crippen LogP contribution in [0.5, 0.6) is 0 Å². The molecular formula is C15H15N3O3S2. The minimum absolute atomic E-state index is 0.0535. The molecule has 0 radical (unpaired) electrons. The second kappa shape index (κ2) is 7.60. The number of fused-ring (bicyclic) bond motifs is 1. The smallest absolute Gasteiger partial charge is 0.251 e. The quantitative estimate of drug-likeness (QED) is 0.683. The van der Waals surface area contributed by atoms with Crippen LogP contribution in [-0.4, -0.2) is 39.5 Å². The van der Waals surface area contributed by atoms with E-state index in [1.165, 1.54) is 0 Å². The zero-order valence-corrected chi connectivity index (χ0v) is 13.8. The second-order valence-electron chi connectivity index (χ2n) is 4.82. The molecule has 0 unspecified atom stereocenters. The van der Waals surface area contributed by atoms with E-state index in [0.717, 1.165) is 22.8 Å². The van der Waals surface area contributed by atoms with Crippen molar-refractivity contribution in [1.29, 1.82) is 0 Å². The maximum absolute atomic E-state index is 12.3. The minimum atomic E-state index is -0.276. The first-order chi connectivity index (χ1) is 11.3. The summed E-state index contributed by atoms with van der Waals surface area (Å²) in [6, 6.07) is 7.19. The first kappa shape index (κ1) is 16.0. The number of benzene rings is 1. The Bertz CT molecular complexity index is 773. The van der Waals surface area contributed by atoms with Gasteiger partial charge in [-0.25, -0.2) is 0 Å². The van der Waals surface area contributed by atoms with Gasteiger partial charge in [-0.15, -0.1) is 0 Å². The molecule has 0 spiro atoms. The summed E-state index contributed by atoms with van der Waals surface area (Å²) < 4.78 is 13.9. The predicted molar refractivity (Wildman–Crippen MR) is 89.8 cm³/mol. The summed E-state index contributed by atoms with van der Waals surface area (Å²) in [6.07, 6.45) is -0.276. The third-order valence-electron chi connectivity index (χ3n) is 3.29. The van der Waals surface area contributed by atoms with Crippen molar-refractivity contribution in [3.63, 3.8) is 0 Å². The Labute approximate surface area is 141 Å². The summed E-state index contributed by atoms with van der Waals surface area (Å²) in [7, 11) is 0. The van der Waals surface area contributed by atoms with Crippen molar-refractivity contribution in [2.75, 3.05) is 19.8 Å². The van der Waals surface area contributed by atoms with Crippen LogP contribution in [-0.2, 0) is 4.74 Å². The van der Waals surface area contributed by atoms with Gasteiger partial charge in [0.05, 0.1) is 24.9 Å². The van der Waals surface area contributed by atoms with E-state index in [9.17, 15) is 4.79 Å². The van der Waals surface area contributed by atoms with Crippen molar-refractivity contribution in [3.8, 4) is 0 Å². The lowest BCUT2D eigenvalue weighted by Crippen LogP contribution is -2.29. The Morgan fingerprint density at radius 2 is 2.17 bits per heavy atom. The molecule has 1 atom stereocenters. The van der Waals surface area contributed by atoms with Gasteiger partial charge in [0.1, 0.15) is 17.1 Å². The molecule has 8 heteroatoms. The highest BCUT2D eigenvalue weighted by molar-refractivity contribution is 7.08. The van der Waals surface area contributed by atoms with Gasteiger partial charge in [-0.1, -0.05) is 0 Å². The number of rotatable bonds is 7. The van der Waals surface area contributed by atoms with Gasteiger partial charge in [-0.3, -0.25) is 4.79 Å². The van der Waals surface area contributed by atoms with Gasteiger partial charge in [0, 0.05) is 12.1 Å². The fourth-order valence-corrected chi connectivity index (χ4v) is 3.36. The number of nitrogens with one attached hydrogen (secondary N) is 1. The Morgan fingerprint density at radius 1 is 1.30 bits per heavy atom. The molecule has 1 amide bonds. The van der Waals surface area contributed by atoms with E-state index in [1.54, 1.807) is 29.5 Å². The van der Waals surface area contributed by atoms with Crippen LogP contribution < -0.4 is 5.32 Å². The molecule has 2 aromatic heterocycles. The van der Waals surface area contributed by atoms with Crippen molar-refractivity contribution in [2.45, 2.75) is 6.10 Å². The van der Waals surface area contributed by atoms with Crippen LogP contribution in [0.4, 0.5) is 0 Å². The van der Waals surface area contributed by atoms with E-state index in [1.807, 2.05) is 16.8 Å². The molecule has 0 saturated carbocycles. The van der Waals surface area contributed by atoms with Gasteiger partial charge >= 0.3 is 0 Å². The van der Waals surface area contributed by atoms with Crippen LogP contribution in [0.25, 0.3) is 11.0 Å². The first-order valence-corrected chi connectivity index (χ1v) is 8.70. The summed E-state index contributed by atoms with van der Waals surface area (Å²) in [5, 5.41) is 15.7. The fourth-order valence-electron chi connectivity index (χ4n) is 2.14. The number of aliphatic hydroxyl groups is 1. The molecule has 0 aliphatic carbocycles. The number of aromatic nitrogens is 2. The zero-order valence-electron chi connectivity index (χ0n) is 12.1. The maximum atomic E-state index is 12.3. The molecule has 2 heterocycles. The second-order valence-corrected chi connectivity index (χ2v) is 6.13. The van der Waals surface area contributed by atoms with Gasteiger partial charge < -0.3 is 15.2 Å². The minimum Gasteiger partial charge on any atom is -0.394 e. The molecule has 0 aliphatic heterocycles. The monoisotopic (exact) mass is 349 g/mol. The van der Waals surface area contributed by atoms with Gasteiger partial charge in [0.2, 0.25) is 0 Å². The molecule has 1 aromatic carbocycles. The fraction of sp³-hybridized carbons (Fsp3) is 0.267. The van der Waals surface area contributed by atoms with Crippen LogP contribution in [0, 0.1) is 0 Å². The molecule has 2 N–H and O–H groups in total. The van der Waals surface area contributed by atoms with E-state index in [-0.39, 0.29) is 25.2 Å². The molecule has 0 bridgehead atoms. The third kappa shape index (κ3) is 3.91. The lowest BCUT2D eigenvalue weighted by molar-refractivity contribution is 0.0279. The molecule has 6 nitrogen and oxygen atoms in total. The molecule has 3 rings (SSSR count). The van der Waals surface area contributed by atoms with Gasteiger partial charge in [0.15, 0.2) is 0 Å². The van der Waals surface area contributed by atoms with E-state index < -0.39 is 0 Å².